The number of nitrogens with one attached hydrogen (secondary N) is 1. The third-order valence-electron chi connectivity index (χ3n) is 5.53. The maximum absolute atomic E-state index is 12.5. The molecule has 0 radical (unpaired) electrons. The van der Waals surface area contributed by atoms with Crippen LogP contribution in [0.15, 0.2) is 53.4 Å². The molecule has 3 rings (SSSR count). The number of benzene rings is 2. The van der Waals surface area contributed by atoms with Crippen LogP contribution in [-0.2, 0) is 32.5 Å². The summed E-state index contributed by atoms with van der Waals surface area (Å²) in [5.41, 5.74) is 2.97. The van der Waals surface area contributed by atoms with Crippen molar-refractivity contribution in [1.82, 2.24) is 5.32 Å². The second kappa shape index (κ2) is 10.1. The number of unbranched alkanes of at least 4 members (excludes halogenated alkanes) is 1. The van der Waals surface area contributed by atoms with Crippen LogP contribution in [0.25, 0.3) is 0 Å². The molecule has 1 saturated heterocycles. The fourth-order valence-corrected chi connectivity index (χ4v) is 4.19. The summed E-state index contributed by atoms with van der Waals surface area (Å²) in [6.07, 6.45) is 4.07. The standard InChI is InChI=1S/C23H29N3O4S/c1-2-3-4-17-5-9-20(10-6-17)26-16-19(15-22(26)27)23(28)25-14-13-18-7-11-21(12-8-18)31(24,29)30/h5-12,19H,2-4,13-16H2,1H3,(H,25,28)(H2,24,29,30). The largest absolute Gasteiger partial charge is 0.355 e. The highest BCUT2D eigenvalue weighted by molar-refractivity contribution is 7.89. The normalized spacial score (nSPS) is 16.5. The summed E-state index contributed by atoms with van der Waals surface area (Å²) < 4.78 is 22.6. The molecule has 1 heterocycles. The van der Waals surface area contributed by atoms with Crippen molar-refractivity contribution in [2.75, 3.05) is 18.0 Å². The molecular formula is C23H29N3O4S. The number of nitrogens with two attached hydrogens (primary N) is 1. The van der Waals surface area contributed by atoms with E-state index in [9.17, 15) is 18.0 Å². The molecule has 1 fully saturated rings. The van der Waals surface area contributed by atoms with Crippen molar-refractivity contribution in [2.24, 2.45) is 11.1 Å². The third-order valence-corrected chi connectivity index (χ3v) is 6.46. The number of rotatable bonds is 9. The SMILES string of the molecule is CCCCc1ccc(N2CC(C(=O)NCCc3ccc(S(N)(=O)=O)cc3)CC2=O)cc1. The van der Waals surface area contributed by atoms with Crippen molar-refractivity contribution < 1.29 is 18.0 Å². The molecule has 2 amide bonds. The zero-order valence-corrected chi connectivity index (χ0v) is 18.5. The minimum absolute atomic E-state index is 0.0416. The van der Waals surface area contributed by atoms with Gasteiger partial charge in [-0.1, -0.05) is 37.6 Å². The lowest BCUT2D eigenvalue weighted by Gasteiger charge is -2.17. The second-order valence-corrected chi connectivity index (χ2v) is 9.47. The maximum atomic E-state index is 12.5. The van der Waals surface area contributed by atoms with Crippen LogP contribution in [0, 0.1) is 5.92 Å². The predicted molar refractivity (Wildman–Crippen MR) is 120 cm³/mol. The molecular weight excluding hydrogens is 414 g/mol. The quantitative estimate of drug-likeness (QED) is 0.620. The van der Waals surface area contributed by atoms with E-state index in [4.69, 9.17) is 5.14 Å². The molecule has 2 aromatic rings. The van der Waals surface area contributed by atoms with Gasteiger partial charge in [0.25, 0.3) is 0 Å². The van der Waals surface area contributed by atoms with E-state index in [1.54, 1.807) is 17.0 Å². The molecule has 1 unspecified atom stereocenters. The first-order valence-corrected chi connectivity index (χ1v) is 12.1. The number of aryl methyl sites for hydroxylation is 1. The highest BCUT2D eigenvalue weighted by Crippen LogP contribution is 2.26. The topological polar surface area (TPSA) is 110 Å². The van der Waals surface area contributed by atoms with E-state index in [0.29, 0.717) is 19.5 Å². The molecule has 7 nitrogen and oxygen atoms in total. The van der Waals surface area contributed by atoms with Crippen LogP contribution in [0.4, 0.5) is 5.69 Å². The van der Waals surface area contributed by atoms with E-state index in [1.165, 1.54) is 17.7 Å². The van der Waals surface area contributed by atoms with Gasteiger partial charge in [0.2, 0.25) is 21.8 Å². The minimum atomic E-state index is -3.71. The number of amides is 2. The van der Waals surface area contributed by atoms with Crippen LogP contribution < -0.4 is 15.4 Å². The number of sulfonamides is 1. The smallest absolute Gasteiger partial charge is 0.238 e. The predicted octanol–water partition coefficient (Wildman–Crippen LogP) is 2.39. The van der Waals surface area contributed by atoms with Gasteiger partial charge in [0, 0.05) is 25.2 Å². The zero-order valence-electron chi connectivity index (χ0n) is 17.7. The van der Waals surface area contributed by atoms with Crippen molar-refractivity contribution in [3.8, 4) is 0 Å². The first-order valence-electron chi connectivity index (χ1n) is 10.6. The van der Waals surface area contributed by atoms with Crippen LogP contribution in [-0.4, -0.2) is 33.3 Å². The third kappa shape index (κ3) is 6.15. The molecule has 0 saturated carbocycles. The minimum Gasteiger partial charge on any atom is -0.355 e. The summed E-state index contributed by atoms with van der Waals surface area (Å²) in [5.74, 6) is -0.561. The van der Waals surface area contributed by atoms with Gasteiger partial charge in [-0.3, -0.25) is 9.59 Å². The highest BCUT2D eigenvalue weighted by Gasteiger charge is 2.34. The molecule has 3 N–H and O–H groups in total. The van der Waals surface area contributed by atoms with Crippen LogP contribution >= 0.6 is 0 Å². The molecule has 8 heteroatoms. The zero-order chi connectivity index (χ0) is 22.4. The Hall–Kier alpha value is -2.71. The molecule has 1 atom stereocenters. The first kappa shape index (κ1) is 23.0. The Balaban J connectivity index is 1.50. The molecule has 0 bridgehead atoms. The van der Waals surface area contributed by atoms with Crippen molar-refractivity contribution in [2.45, 2.75) is 43.9 Å². The molecule has 1 aliphatic heterocycles. The Morgan fingerprint density at radius 1 is 1.06 bits per heavy atom. The molecule has 0 aromatic heterocycles. The highest BCUT2D eigenvalue weighted by atomic mass is 32.2. The van der Waals surface area contributed by atoms with E-state index < -0.39 is 10.0 Å². The van der Waals surface area contributed by atoms with E-state index in [2.05, 4.69) is 12.2 Å². The Labute approximate surface area is 183 Å². The van der Waals surface area contributed by atoms with Crippen molar-refractivity contribution in [1.29, 1.82) is 0 Å². The number of nitrogens with zero attached hydrogens (tertiary/aromatic N) is 1. The van der Waals surface area contributed by atoms with Crippen LogP contribution in [0.1, 0.15) is 37.3 Å². The fourth-order valence-electron chi connectivity index (χ4n) is 3.68. The Morgan fingerprint density at radius 2 is 1.68 bits per heavy atom. The van der Waals surface area contributed by atoms with Gasteiger partial charge in [-0.25, -0.2) is 13.6 Å². The molecule has 0 spiro atoms. The summed E-state index contributed by atoms with van der Waals surface area (Å²) in [5, 5.41) is 7.97. The average Bonchev–Trinajstić information content (AvgIpc) is 3.14. The van der Waals surface area contributed by atoms with Gasteiger partial charge < -0.3 is 10.2 Å². The summed E-state index contributed by atoms with van der Waals surface area (Å²) in [6.45, 7) is 2.94. The lowest BCUT2D eigenvalue weighted by molar-refractivity contribution is -0.126. The van der Waals surface area contributed by atoms with Gasteiger partial charge in [0.1, 0.15) is 0 Å². The van der Waals surface area contributed by atoms with Gasteiger partial charge in [0.05, 0.1) is 10.8 Å². The maximum Gasteiger partial charge on any atom is 0.238 e. The van der Waals surface area contributed by atoms with E-state index >= 15 is 0 Å². The number of hydrogen-bond donors (Lipinski definition) is 2. The Kier molecular flexibility index (Phi) is 7.46. The van der Waals surface area contributed by atoms with Gasteiger partial charge in [0.15, 0.2) is 0 Å². The Morgan fingerprint density at radius 3 is 2.29 bits per heavy atom. The van der Waals surface area contributed by atoms with Crippen molar-refractivity contribution in [3.63, 3.8) is 0 Å². The summed E-state index contributed by atoms with van der Waals surface area (Å²) in [7, 11) is -3.71. The average molecular weight is 444 g/mol. The van der Waals surface area contributed by atoms with E-state index in [-0.39, 0.29) is 29.0 Å². The second-order valence-electron chi connectivity index (χ2n) is 7.91. The number of hydrogen-bond acceptors (Lipinski definition) is 4. The monoisotopic (exact) mass is 443 g/mol. The Bertz CT molecular complexity index is 1020. The first-order chi connectivity index (χ1) is 14.8. The molecule has 31 heavy (non-hydrogen) atoms. The lowest BCUT2D eigenvalue weighted by Crippen LogP contribution is -2.34. The van der Waals surface area contributed by atoms with Gasteiger partial charge in [-0.15, -0.1) is 0 Å². The summed E-state index contributed by atoms with van der Waals surface area (Å²) in [6, 6.07) is 14.3. The number of anilines is 1. The van der Waals surface area contributed by atoms with Crippen molar-refractivity contribution in [3.05, 3.63) is 59.7 Å². The van der Waals surface area contributed by atoms with Crippen LogP contribution in [0.3, 0.4) is 0 Å². The number of carbonyl (C=O) groups excluding carboxylic acids is 2. The van der Waals surface area contributed by atoms with Gasteiger partial charge in [-0.05, 0) is 54.7 Å². The van der Waals surface area contributed by atoms with Crippen LogP contribution in [0.2, 0.25) is 0 Å². The lowest BCUT2D eigenvalue weighted by atomic mass is 10.1. The summed E-state index contributed by atoms with van der Waals surface area (Å²) >= 11 is 0. The van der Waals surface area contributed by atoms with Gasteiger partial charge in [-0.2, -0.15) is 0 Å². The molecule has 2 aromatic carbocycles. The van der Waals surface area contributed by atoms with Crippen LogP contribution in [0.5, 0.6) is 0 Å². The fraction of sp³-hybridized carbons (Fsp3) is 0.391. The molecule has 166 valence electrons. The number of carbonyl (C=O) groups is 2. The summed E-state index contributed by atoms with van der Waals surface area (Å²) in [4.78, 5) is 26.7. The van der Waals surface area contributed by atoms with E-state index in [0.717, 1.165) is 30.5 Å². The molecule has 0 aliphatic carbocycles. The molecule has 1 aliphatic rings. The van der Waals surface area contributed by atoms with Gasteiger partial charge >= 0.3 is 0 Å². The number of primary sulfonamides is 1. The van der Waals surface area contributed by atoms with E-state index in [1.807, 2.05) is 24.3 Å². The van der Waals surface area contributed by atoms with Crippen molar-refractivity contribution >= 4 is 27.5 Å².